The van der Waals surface area contributed by atoms with Crippen LogP contribution in [0.4, 0.5) is 5.69 Å². The van der Waals surface area contributed by atoms with Crippen LogP contribution in [0.2, 0.25) is 0 Å². The molecule has 1 aliphatic heterocycles. The average molecular weight is 308 g/mol. The van der Waals surface area contributed by atoms with Crippen LogP contribution >= 0.6 is 0 Å². The van der Waals surface area contributed by atoms with E-state index < -0.39 is 0 Å². The van der Waals surface area contributed by atoms with Crippen molar-refractivity contribution >= 4 is 22.6 Å². The van der Waals surface area contributed by atoms with Gasteiger partial charge < -0.3 is 14.2 Å². The fraction of sp³-hybridized carbons (Fsp3) is 0.222. The summed E-state index contributed by atoms with van der Waals surface area (Å²) in [4.78, 5) is 14.7. The van der Waals surface area contributed by atoms with Gasteiger partial charge in [-0.2, -0.15) is 0 Å². The predicted molar refractivity (Wildman–Crippen MR) is 86.6 cm³/mol. The van der Waals surface area contributed by atoms with Crippen molar-refractivity contribution in [2.24, 2.45) is 0 Å². The van der Waals surface area contributed by atoms with Gasteiger partial charge in [0.15, 0.2) is 5.58 Å². The van der Waals surface area contributed by atoms with Crippen LogP contribution in [-0.4, -0.2) is 23.7 Å². The predicted octanol–water partition coefficient (Wildman–Crippen LogP) is 3.18. The number of para-hydroxylation sites is 3. The number of carbonyl (C=O) groups is 1. The number of benzene rings is 2. The van der Waals surface area contributed by atoms with E-state index in [4.69, 9.17) is 9.26 Å². The molecule has 23 heavy (non-hydrogen) atoms. The molecule has 4 rings (SSSR count). The van der Waals surface area contributed by atoms with Gasteiger partial charge in [0.25, 0.3) is 0 Å². The summed E-state index contributed by atoms with van der Waals surface area (Å²) in [5.74, 6) is 0.733. The van der Waals surface area contributed by atoms with Gasteiger partial charge >= 0.3 is 0 Å². The summed E-state index contributed by atoms with van der Waals surface area (Å²) >= 11 is 0. The van der Waals surface area contributed by atoms with Gasteiger partial charge in [0, 0.05) is 5.39 Å². The van der Waals surface area contributed by atoms with Crippen molar-refractivity contribution in [3.05, 3.63) is 54.2 Å². The number of nitrogens with zero attached hydrogens (tertiary/aromatic N) is 2. The zero-order chi connectivity index (χ0) is 15.8. The first kappa shape index (κ1) is 13.8. The topological polar surface area (TPSA) is 55.6 Å². The number of carbonyl (C=O) groups excluding carboxylic acids is 1. The second-order valence-electron chi connectivity index (χ2n) is 5.69. The van der Waals surface area contributed by atoms with Crippen molar-refractivity contribution < 1.29 is 14.1 Å². The number of rotatable bonds is 2. The first-order valence-corrected chi connectivity index (χ1v) is 7.61. The number of ether oxygens (including phenoxy) is 1. The molecule has 0 radical (unpaired) electrons. The van der Waals surface area contributed by atoms with Crippen molar-refractivity contribution in [1.29, 1.82) is 0 Å². The highest BCUT2D eigenvalue weighted by Gasteiger charge is 2.30. The van der Waals surface area contributed by atoms with Crippen LogP contribution in [0.5, 0.6) is 5.75 Å². The first-order valence-electron chi connectivity index (χ1n) is 7.61. The van der Waals surface area contributed by atoms with Crippen LogP contribution in [0.15, 0.2) is 53.1 Å². The zero-order valence-electron chi connectivity index (χ0n) is 12.7. The molecule has 1 aliphatic rings. The minimum atomic E-state index is -0.0180. The molecule has 2 heterocycles. The molecule has 1 amide bonds. The van der Waals surface area contributed by atoms with E-state index >= 15 is 0 Å². The molecular formula is C18H16N2O3. The molecule has 0 saturated heterocycles. The van der Waals surface area contributed by atoms with E-state index in [1.54, 1.807) is 4.90 Å². The van der Waals surface area contributed by atoms with Gasteiger partial charge in [-0.1, -0.05) is 29.4 Å². The third-order valence-corrected chi connectivity index (χ3v) is 4.09. The van der Waals surface area contributed by atoms with Gasteiger partial charge in [0.1, 0.15) is 18.1 Å². The quantitative estimate of drug-likeness (QED) is 0.729. The molecule has 0 aliphatic carbocycles. The number of amides is 1. The number of hydrogen-bond donors (Lipinski definition) is 0. The van der Waals surface area contributed by atoms with Crippen LogP contribution in [0.3, 0.4) is 0 Å². The lowest BCUT2D eigenvalue weighted by Crippen LogP contribution is -2.45. The van der Waals surface area contributed by atoms with Crippen molar-refractivity contribution in [2.75, 3.05) is 11.5 Å². The van der Waals surface area contributed by atoms with Gasteiger partial charge in [0.05, 0.1) is 18.2 Å². The lowest BCUT2D eigenvalue weighted by molar-refractivity contribution is -0.118. The Hall–Kier alpha value is -2.82. The van der Waals surface area contributed by atoms with Crippen LogP contribution in [0.25, 0.3) is 11.0 Å². The molecular weight excluding hydrogens is 292 g/mol. The van der Waals surface area contributed by atoms with E-state index in [1.165, 1.54) is 0 Å². The van der Waals surface area contributed by atoms with Crippen molar-refractivity contribution in [3.63, 3.8) is 0 Å². The summed E-state index contributed by atoms with van der Waals surface area (Å²) in [6, 6.07) is 15.2. The molecule has 0 N–H and O–H groups in total. The lowest BCUT2D eigenvalue weighted by Gasteiger charge is -2.35. The fourth-order valence-electron chi connectivity index (χ4n) is 2.97. The summed E-state index contributed by atoms with van der Waals surface area (Å²) in [5, 5.41) is 4.94. The summed E-state index contributed by atoms with van der Waals surface area (Å²) in [7, 11) is 0. The molecule has 0 bridgehead atoms. The lowest BCUT2D eigenvalue weighted by atomic mass is 10.1. The molecule has 0 fully saturated rings. The minimum Gasteiger partial charge on any atom is -0.489 e. The summed E-state index contributed by atoms with van der Waals surface area (Å²) < 4.78 is 11.0. The molecule has 2 aromatic carbocycles. The molecule has 116 valence electrons. The summed E-state index contributed by atoms with van der Waals surface area (Å²) in [6.45, 7) is 2.47. The Morgan fingerprint density at radius 3 is 2.91 bits per heavy atom. The molecule has 1 atom stereocenters. The molecule has 0 unspecified atom stereocenters. The average Bonchev–Trinajstić information content (AvgIpc) is 2.98. The smallest absolute Gasteiger partial charge is 0.233 e. The van der Waals surface area contributed by atoms with Gasteiger partial charge in [-0.25, -0.2) is 0 Å². The Morgan fingerprint density at radius 2 is 2.00 bits per heavy atom. The molecule has 0 saturated carbocycles. The second kappa shape index (κ2) is 5.43. The number of anilines is 1. The SMILES string of the molecule is C[C@@H]1COc2ccccc2N1C(=O)Cc1noc2ccccc12. The van der Waals surface area contributed by atoms with Gasteiger partial charge in [-0.05, 0) is 31.2 Å². The van der Waals surface area contributed by atoms with Crippen LogP contribution < -0.4 is 9.64 Å². The highest BCUT2D eigenvalue weighted by atomic mass is 16.5. The second-order valence-corrected chi connectivity index (χ2v) is 5.69. The maximum absolute atomic E-state index is 12.9. The highest BCUT2D eigenvalue weighted by molar-refractivity contribution is 5.98. The normalized spacial score (nSPS) is 16.9. The highest BCUT2D eigenvalue weighted by Crippen LogP contribution is 2.34. The van der Waals surface area contributed by atoms with Crippen LogP contribution in [0.1, 0.15) is 12.6 Å². The summed E-state index contributed by atoms with van der Waals surface area (Å²) in [6.07, 6.45) is 0.204. The van der Waals surface area contributed by atoms with Gasteiger partial charge in [0.2, 0.25) is 5.91 Å². The van der Waals surface area contributed by atoms with E-state index in [0.29, 0.717) is 17.9 Å². The molecule has 3 aromatic rings. The zero-order valence-corrected chi connectivity index (χ0v) is 12.7. The Morgan fingerprint density at radius 1 is 1.22 bits per heavy atom. The number of fused-ring (bicyclic) bond motifs is 2. The Kier molecular flexibility index (Phi) is 3.26. The van der Waals surface area contributed by atoms with Crippen LogP contribution in [0, 0.1) is 0 Å². The molecule has 5 heteroatoms. The monoisotopic (exact) mass is 308 g/mol. The van der Waals surface area contributed by atoms with E-state index in [1.807, 2.05) is 55.5 Å². The van der Waals surface area contributed by atoms with E-state index in [0.717, 1.165) is 16.8 Å². The Bertz CT molecular complexity index is 871. The van der Waals surface area contributed by atoms with E-state index in [-0.39, 0.29) is 18.4 Å². The fourth-order valence-corrected chi connectivity index (χ4v) is 2.97. The molecule has 5 nitrogen and oxygen atoms in total. The van der Waals surface area contributed by atoms with Crippen molar-refractivity contribution in [1.82, 2.24) is 5.16 Å². The molecule has 1 aromatic heterocycles. The number of hydrogen-bond acceptors (Lipinski definition) is 4. The van der Waals surface area contributed by atoms with Gasteiger partial charge in [-0.15, -0.1) is 0 Å². The largest absolute Gasteiger partial charge is 0.489 e. The standard InChI is InChI=1S/C18H16N2O3/c1-12-11-22-17-9-5-3-7-15(17)20(12)18(21)10-14-13-6-2-4-8-16(13)23-19-14/h2-9,12H,10-11H2,1H3/t12-/m1/s1. The minimum absolute atomic E-state index is 0.00713. The maximum atomic E-state index is 12.9. The Balaban J connectivity index is 1.67. The third kappa shape index (κ3) is 2.34. The van der Waals surface area contributed by atoms with E-state index in [2.05, 4.69) is 5.16 Å². The number of aromatic nitrogens is 1. The third-order valence-electron chi connectivity index (χ3n) is 4.09. The van der Waals surface area contributed by atoms with Crippen molar-refractivity contribution in [3.8, 4) is 5.75 Å². The Labute approximate surface area is 133 Å². The van der Waals surface area contributed by atoms with E-state index in [9.17, 15) is 4.79 Å². The van der Waals surface area contributed by atoms with Gasteiger partial charge in [-0.3, -0.25) is 4.79 Å². The first-order chi connectivity index (χ1) is 11.2. The van der Waals surface area contributed by atoms with Crippen molar-refractivity contribution in [2.45, 2.75) is 19.4 Å². The molecule has 0 spiro atoms. The maximum Gasteiger partial charge on any atom is 0.233 e. The van der Waals surface area contributed by atoms with Crippen LogP contribution in [-0.2, 0) is 11.2 Å². The summed E-state index contributed by atoms with van der Waals surface area (Å²) in [5.41, 5.74) is 2.18.